The van der Waals surface area contributed by atoms with Gasteiger partial charge >= 0.3 is 0 Å². The average molecular weight is 386 g/mol. The van der Waals surface area contributed by atoms with Crippen LogP contribution in [0.15, 0.2) is 48.5 Å². The quantitative estimate of drug-likeness (QED) is 0.352. The molecule has 0 atom stereocenters. The molecule has 0 unspecified atom stereocenters. The van der Waals surface area contributed by atoms with Crippen molar-refractivity contribution in [2.45, 2.75) is 13.3 Å². The fraction of sp³-hybridized carbons (Fsp3) is 0.130. The Kier molecular flexibility index (Phi) is 5.83. The second kappa shape index (κ2) is 8.30. The molecular weight excluding hydrogens is 368 g/mol. The monoisotopic (exact) mass is 386 g/mol. The zero-order valence-corrected chi connectivity index (χ0v) is 15.4. The molecule has 0 N–H and O–H groups in total. The van der Waals surface area contributed by atoms with Crippen LogP contribution in [0.2, 0.25) is 0 Å². The number of hydrogen-bond donors (Lipinski definition) is 0. The van der Waals surface area contributed by atoms with Gasteiger partial charge in [-0.15, -0.1) is 0 Å². The predicted octanol–water partition coefficient (Wildman–Crippen LogP) is 6.65. The van der Waals surface area contributed by atoms with Gasteiger partial charge in [-0.1, -0.05) is 55.5 Å². The fourth-order valence-corrected chi connectivity index (χ4v) is 2.88. The van der Waals surface area contributed by atoms with Gasteiger partial charge in [-0.3, -0.25) is 0 Å². The number of rotatable bonds is 5. The van der Waals surface area contributed by atoms with Crippen LogP contribution in [0, 0.1) is 23.3 Å². The number of ether oxygens (including phenoxy) is 1. The molecule has 0 heterocycles. The summed E-state index contributed by atoms with van der Waals surface area (Å²) in [5, 5.41) is 0. The van der Waals surface area contributed by atoms with E-state index >= 15 is 0 Å². The molecule has 0 saturated heterocycles. The Bertz CT molecular complexity index is 1020. The van der Waals surface area contributed by atoms with Crippen LogP contribution in [0.1, 0.15) is 23.6 Å². The van der Waals surface area contributed by atoms with Gasteiger partial charge in [-0.2, -0.15) is 4.39 Å². The van der Waals surface area contributed by atoms with Crippen LogP contribution in [-0.2, 0) is 6.42 Å². The number of hydrogen-bond acceptors (Lipinski definition) is 1. The minimum atomic E-state index is -1.04. The van der Waals surface area contributed by atoms with Gasteiger partial charge in [0, 0.05) is 11.1 Å². The summed E-state index contributed by atoms with van der Waals surface area (Å²) < 4.78 is 60.8. The van der Waals surface area contributed by atoms with Crippen molar-refractivity contribution in [3.8, 4) is 16.9 Å². The largest absolute Gasteiger partial charge is 0.494 e. The lowest BCUT2D eigenvalue weighted by Crippen LogP contribution is -1.95. The molecule has 3 rings (SSSR count). The van der Waals surface area contributed by atoms with E-state index in [1.807, 2.05) is 0 Å². The summed E-state index contributed by atoms with van der Waals surface area (Å²) in [5.41, 5.74) is 1.77. The van der Waals surface area contributed by atoms with E-state index in [9.17, 15) is 17.6 Å². The van der Waals surface area contributed by atoms with Crippen molar-refractivity contribution in [2.24, 2.45) is 0 Å². The summed E-state index contributed by atoms with van der Waals surface area (Å²) in [5.74, 6) is -3.92. The van der Waals surface area contributed by atoms with Gasteiger partial charge in [0.25, 0.3) is 0 Å². The lowest BCUT2D eigenvalue weighted by Gasteiger charge is -2.08. The zero-order chi connectivity index (χ0) is 20.3. The average Bonchev–Trinajstić information content (AvgIpc) is 2.72. The standard InChI is InChI=1S/C23H18F4O/c1-3-15-10-11-17(21(25)20(15)24)9-6-14-4-7-16(8-5-14)18-12-13-19(28-2)23(27)22(18)26/h4-13H,3H2,1-2H3/b9-6+. The Morgan fingerprint density at radius 1 is 0.750 bits per heavy atom. The molecule has 144 valence electrons. The van der Waals surface area contributed by atoms with E-state index in [1.165, 1.54) is 31.4 Å². The van der Waals surface area contributed by atoms with E-state index in [1.54, 1.807) is 43.3 Å². The third kappa shape index (κ3) is 3.79. The summed E-state index contributed by atoms with van der Waals surface area (Å²) in [6.07, 6.45) is 3.51. The summed E-state index contributed by atoms with van der Waals surface area (Å²) in [6, 6.07) is 12.5. The Morgan fingerprint density at radius 3 is 2.11 bits per heavy atom. The zero-order valence-electron chi connectivity index (χ0n) is 15.4. The van der Waals surface area contributed by atoms with E-state index in [0.717, 1.165) is 0 Å². The van der Waals surface area contributed by atoms with Crippen LogP contribution >= 0.6 is 0 Å². The Morgan fingerprint density at radius 2 is 1.46 bits per heavy atom. The number of methoxy groups -OCH3 is 1. The number of aryl methyl sites for hydroxylation is 1. The molecule has 0 amide bonds. The highest BCUT2D eigenvalue weighted by Gasteiger charge is 2.15. The van der Waals surface area contributed by atoms with Crippen molar-refractivity contribution < 1.29 is 22.3 Å². The summed E-state index contributed by atoms with van der Waals surface area (Å²) in [4.78, 5) is 0. The van der Waals surface area contributed by atoms with Crippen LogP contribution in [0.4, 0.5) is 17.6 Å². The second-order valence-electron chi connectivity index (χ2n) is 6.19. The summed E-state index contributed by atoms with van der Waals surface area (Å²) >= 11 is 0. The molecule has 0 spiro atoms. The lowest BCUT2D eigenvalue weighted by molar-refractivity contribution is 0.372. The SMILES string of the molecule is CCc1ccc(/C=C/c2ccc(-c3ccc(OC)c(F)c3F)cc2)c(F)c1F. The minimum Gasteiger partial charge on any atom is -0.494 e. The van der Waals surface area contributed by atoms with E-state index in [4.69, 9.17) is 4.74 Å². The normalized spacial score (nSPS) is 11.2. The third-order valence-corrected chi connectivity index (χ3v) is 4.52. The van der Waals surface area contributed by atoms with Crippen LogP contribution in [0.3, 0.4) is 0 Å². The highest BCUT2D eigenvalue weighted by atomic mass is 19.2. The van der Waals surface area contributed by atoms with Crippen LogP contribution in [0.25, 0.3) is 23.3 Å². The first-order valence-corrected chi connectivity index (χ1v) is 8.73. The molecule has 1 nitrogen and oxygen atoms in total. The van der Waals surface area contributed by atoms with Gasteiger partial charge in [-0.25, -0.2) is 13.2 Å². The topological polar surface area (TPSA) is 9.23 Å². The Hall–Kier alpha value is -3.08. The van der Waals surface area contributed by atoms with Crippen molar-refractivity contribution >= 4 is 12.2 Å². The van der Waals surface area contributed by atoms with Crippen LogP contribution < -0.4 is 4.74 Å². The first-order valence-electron chi connectivity index (χ1n) is 8.73. The van der Waals surface area contributed by atoms with Gasteiger partial charge in [0.05, 0.1) is 7.11 Å². The predicted molar refractivity (Wildman–Crippen MR) is 103 cm³/mol. The molecule has 3 aromatic carbocycles. The maximum atomic E-state index is 14.2. The molecule has 5 heteroatoms. The molecule has 3 aromatic rings. The van der Waals surface area contributed by atoms with Crippen LogP contribution in [0.5, 0.6) is 5.75 Å². The molecule has 28 heavy (non-hydrogen) atoms. The first kappa shape index (κ1) is 19.7. The second-order valence-corrected chi connectivity index (χ2v) is 6.19. The molecule has 0 fully saturated rings. The van der Waals surface area contributed by atoms with Crippen molar-refractivity contribution in [3.63, 3.8) is 0 Å². The van der Waals surface area contributed by atoms with Crippen molar-refractivity contribution in [3.05, 3.63) is 88.5 Å². The van der Waals surface area contributed by atoms with Crippen molar-refractivity contribution in [1.29, 1.82) is 0 Å². The van der Waals surface area contributed by atoms with E-state index in [0.29, 0.717) is 23.1 Å². The first-order chi connectivity index (χ1) is 13.5. The summed E-state index contributed by atoms with van der Waals surface area (Å²) in [7, 11) is 1.27. The molecular formula is C23H18F4O. The molecule has 0 aliphatic carbocycles. The highest BCUT2D eigenvalue weighted by Crippen LogP contribution is 2.30. The lowest BCUT2D eigenvalue weighted by atomic mass is 10.0. The maximum Gasteiger partial charge on any atom is 0.201 e. The number of halogens is 4. The van der Waals surface area contributed by atoms with Gasteiger partial charge < -0.3 is 4.74 Å². The Balaban J connectivity index is 1.85. The van der Waals surface area contributed by atoms with Crippen LogP contribution in [-0.4, -0.2) is 7.11 Å². The third-order valence-electron chi connectivity index (χ3n) is 4.52. The van der Waals surface area contributed by atoms with E-state index in [2.05, 4.69) is 0 Å². The van der Waals surface area contributed by atoms with Gasteiger partial charge in [0.15, 0.2) is 23.2 Å². The summed E-state index contributed by atoms with van der Waals surface area (Å²) in [6.45, 7) is 1.76. The van der Waals surface area contributed by atoms with Gasteiger partial charge in [-0.05, 0) is 35.2 Å². The highest BCUT2D eigenvalue weighted by molar-refractivity contribution is 5.73. The Labute approximate surface area is 160 Å². The maximum absolute atomic E-state index is 14.2. The molecule has 0 aromatic heterocycles. The molecule has 0 radical (unpaired) electrons. The molecule has 0 aliphatic heterocycles. The van der Waals surface area contributed by atoms with Gasteiger partial charge in [0.1, 0.15) is 0 Å². The smallest absolute Gasteiger partial charge is 0.201 e. The number of benzene rings is 3. The molecule has 0 aliphatic rings. The van der Waals surface area contributed by atoms with Crippen molar-refractivity contribution in [2.75, 3.05) is 7.11 Å². The van der Waals surface area contributed by atoms with E-state index in [-0.39, 0.29) is 16.9 Å². The molecule has 0 bridgehead atoms. The minimum absolute atomic E-state index is 0.108. The van der Waals surface area contributed by atoms with E-state index < -0.39 is 23.3 Å². The van der Waals surface area contributed by atoms with Gasteiger partial charge in [0.2, 0.25) is 5.82 Å². The fourth-order valence-electron chi connectivity index (χ4n) is 2.88. The molecule has 0 saturated carbocycles. The van der Waals surface area contributed by atoms with Crippen molar-refractivity contribution in [1.82, 2.24) is 0 Å².